The number of hydrogen-bond donors (Lipinski definition) is 0. The van der Waals surface area contributed by atoms with Crippen molar-refractivity contribution >= 4 is 30.9 Å². The molecule has 51 heavy (non-hydrogen) atoms. The maximum atomic E-state index is 17.0. The van der Waals surface area contributed by atoms with Crippen molar-refractivity contribution in [2.75, 3.05) is 7.11 Å². The largest absolute Gasteiger partial charge is 0.469 e. The summed E-state index contributed by atoms with van der Waals surface area (Å²) in [5, 5.41) is 0.0968. The Morgan fingerprint density at radius 1 is 0.902 bits per heavy atom. The molecule has 5 nitrogen and oxygen atoms in total. The highest BCUT2D eigenvalue weighted by molar-refractivity contribution is 6.74. The number of carbonyl (C=O) groups is 1. The van der Waals surface area contributed by atoms with E-state index in [1.54, 1.807) is 0 Å². The number of unbranched alkanes of at least 4 members (excludes halogenated alkanes) is 1. The normalized spacial score (nSPS) is 26.5. The van der Waals surface area contributed by atoms with E-state index in [9.17, 15) is 4.79 Å². The molecule has 2 saturated carbocycles. The highest BCUT2D eigenvalue weighted by Crippen LogP contribution is 2.48. The molecule has 0 saturated heterocycles. The molecule has 0 aromatic carbocycles. The molecule has 9 atom stereocenters. The van der Waals surface area contributed by atoms with Crippen LogP contribution in [0.15, 0.2) is 12.2 Å². The Hall–Kier alpha value is -0.769. The predicted octanol–water partition coefficient (Wildman–Crippen LogP) is 12.1. The molecule has 9 heteroatoms. The third-order valence-electron chi connectivity index (χ3n) is 13.2. The topological polar surface area (TPSA) is 54.0 Å². The summed E-state index contributed by atoms with van der Waals surface area (Å²) < 4.78 is 43.5. The number of rotatable bonds is 19. The van der Waals surface area contributed by atoms with Crippen LogP contribution >= 0.6 is 0 Å². The van der Waals surface area contributed by atoms with Crippen molar-refractivity contribution in [3.05, 3.63) is 12.2 Å². The molecule has 296 valence electrons. The van der Waals surface area contributed by atoms with Crippen LogP contribution in [0.25, 0.3) is 0 Å². The van der Waals surface area contributed by atoms with E-state index >= 15 is 4.39 Å². The number of hydrogen-bond acceptors (Lipinski definition) is 5. The van der Waals surface area contributed by atoms with Gasteiger partial charge in [0.25, 0.3) is 0 Å². The zero-order valence-electron chi connectivity index (χ0n) is 35.8. The lowest BCUT2D eigenvalue weighted by Crippen LogP contribution is -2.45. The zero-order chi connectivity index (χ0) is 39.0. The molecule has 2 aliphatic rings. The minimum Gasteiger partial charge on any atom is -0.469 e. The molecule has 0 heterocycles. The van der Waals surface area contributed by atoms with Gasteiger partial charge in [0.2, 0.25) is 0 Å². The molecule has 2 unspecified atom stereocenters. The standard InChI is InChI=1S/C42H79FO5Si3/c1-17-21-23-31(5)28-33(46-49(13,14)41(6,7)8)26-27-34-37(47-50(15,16)42(9,10)11)30-38(48-51(18-2,19-3)20-4)39(34)36(43)25-22-24-32-29-35(32)40(44)45-12/h26-27,31-39H,17-21,23-24,28-30H2,1-16H3/b27-26+/t31-,32?,33+,34-,35?,36-,37+,38-,39-/m0/s1. The van der Waals surface area contributed by atoms with Crippen molar-refractivity contribution in [3.8, 4) is 11.8 Å². The summed E-state index contributed by atoms with van der Waals surface area (Å²) >= 11 is 0. The second-order valence-electron chi connectivity index (χ2n) is 19.0. The van der Waals surface area contributed by atoms with Gasteiger partial charge in [-0.3, -0.25) is 4.79 Å². The van der Waals surface area contributed by atoms with E-state index in [0.717, 1.165) is 31.0 Å². The molecular formula is C42H79FO5Si3. The minimum absolute atomic E-state index is 0.0164. The van der Waals surface area contributed by atoms with Crippen LogP contribution in [0.3, 0.4) is 0 Å². The highest BCUT2D eigenvalue weighted by Gasteiger charge is 2.52. The predicted molar refractivity (Wildman–Crippen MR) is 221 cm³/mol. The average molecular weight is 767 g/mol. The lowest BCUT2D eigenvalue weighted by Gasteiger charge is -2.40. The Kier molecular flexibility index (Phi) is 17.5. The average Bonchev–Trinajstić information content (AvgIpc) is 3.73. The van der Waals surface area contributed by atoms with Crippen LogP contribution in [0.4, 0.5) is 4.39 Å². The van der Waals surface area contributed by atoms with E-state index in [4.69, 9.17) is 18.0 Å². The van der Waals surface area contributed by atoms with Gasteiger partial charge >= 0.3 is 5.97 Å². The van der Waals surface area contributed by atoms with Gasteiger partial charge in [0, 0.05) is 18.3 Å². The van der Waals surface area contributed by atoms with Gasteiger partial charge in [-0.1, -0.05) is 119 Å². The molecule has 0 spiro atoms. The van der Waals surface area contributed by atoms with Gasteiger partial charge in [-0.15, -0.1) is 0 Å². The summed E-state index contributed by atoms with van der Waals surface area (Å²) in [6.45, 7) is 34.3. The van der Waals surface area contributed by atoms with Crippen molar-refractivity contribution in [2.45, 2.75) is 200 Å². The molecule has 0 aromatic rings. The lowest BCUT2D eigenvalue weighted by atomic mass is 9.88. The Balaban J connectivity index is 2.64. The molecule has 0 radical (unpaired) electrons. The van der Waals surface area contributed by atoms with Gasteiger partial charge in [0.15, 0.2) is 31.1 Å². The summed E-state index contributed by atoms with van der Waals surface area (Å²) in [7, 11) is -4.94. The molecule has 0 aromatic heterocycles. The van der Waals surface area contributed by atoms with Crippen molar-refractivity contribution in [1.29, 1.82) is 0 Å². The number of methoxy groups -OCH3 is 1. The fourth-order valence-corrected chi connectivity index (χ4v) is 12.7. The van der Waals surface area contributed by atoms with Gasteiger partial charge in [-0.2, -0.15) is 0 Å². The van der Waals surface area contributed by atoms with E-state index in [-0.39, 0.29) is 52.1 Å². The summed E-state index contributed by atoms with van der Waals surface area (Å²) in [4.78, 5) is 12.0. The molecule has 2 aliphatic carbocycles. The summed E-state index contributed by atoms with van der Waals surface area (Å²) in [6.07, 6.45) is 9.20. The fraction of sp³-hybridized carbons (Fsp3) is 0.881. The first kappa shape index (κ1) is 46.4. The maximum absolute atomic E-state index is 17.0. The van der Waals surface area contributed by atoms with Gasteiger partial charge in [0.05, 0.1) is 31.3 Å². The minimum atomic E-state index is -2.21. The Labute approximate surface area is 317 Å². The second kappa shape index (κ2) is 19.2. The zero-order valence-corrected chi connectivity index (χ0v) is 38.8. The van der Waals surface area contributed by atoms with Crippen molar-refractivity contribution < 1.29 is 27.2 Å². The lowest BCUT2D eigenvalue weighted by molar-refractivity contribution is -0.142. The van der Waals surface area contributed by atoms with E-state index in [2.05, 4.69) is 126 Å². The Bertz CT molecular complexity index is 1170. The van der Waals surface area contributed by atoms with Crippen LogP contribution in [0.2, 0.25) is 54.4 Å². The van der Waals surface area contributed by atoms with Crippen LogP contribution in [0, 0.1) is 41.4 Å². The number of alkyl halides is 1. The van der Waals surface area contributed by atoms with Crippen LogP contribution in [0.1, 0.15) is 121 Å². The van der Waals surface area contributed by atoms with E-state index < -0.39 is 37.0 Å². The molecular weight excluding hydrogens is 688 g/mol. The highest BCUT2D eigenvalue weighted by atomic mass is 28.4. The molecule has 0 aliphatic heterocycles. The van der Waals surface area contributed by atoms with E-state index in [1.165, 1.54) is 26.4 Å². The number of carbonyl (C=O) groups excluding carboxylic acids is 1. The van der Waals surface area contributed by atoms with Gasteiger partial charge in [-0.25, -0.2) is 4.39 Å². The first-order valence-electron chi connectivity index (χ1n) is 20.4. The number of halogens is 1. The molecule has 0 bridgehead atoms. The quantitative estimate of drug-likeness (QED) is 0.0567. The van der Waals surface area contributed by atoms with Crippen LogP contribution < -0.4 is 0 Å². The van der Waals surface area contributed by atoms with E-state index in [1.807, 2.05) is 0 Å². The SMILES string of the molecule is CCCC[C@H](C)C[C@@H](/C=C/[C@@H]1[C@@H]([C@@H](F)C#CCC2CC2C(=O)OC)[C@@H](O[Si](CC)(CC)CC)C[C@H]1O[Si](C)(C)C(C)(C)C)O[Si](C)(C)C(C)(C)C. The smallest absolute Gasteiger partial charge is 0.308 e. The van der Waals surface area contributed by atoms with E-state index in [0.29, 0.717) is 18.8 Å². The second-order valence-corrected chi connectivity index (χ2v) is 33.3. The van der Waals surface area contributed by atoms with Gasteiger partial charge in [-0.05, 0) is 85.5 Å². The molecule has 0 N–H and O–H groups in total. The van der Waals surface area contributed by atoms with Gasteiger partial charge < -0.3 is 18.0 Å². The van der Waals surface area contributed by atoms with Crippen molar-refractivity contribution in [2.24, 2.45) is 29.6 Å². The Morgan fingerprint density at radius 2 is 1.49 bits per heavy atom. The summed E-state index contributed by atoms with van der Waals surface area (Å²) in [5.41, 5.74) is 0. The van der Waals surface area contributed by atoms with Crippen LogP contribution in [0.5, 0.6) is 0 Å². The number of esters is 1. The third-order valence-corrected chi connectivity index (χ3v) is 26.9. The van der Waals surface area contributed by atoms with Crippen LogP contribution in [-0.2, 0) is 22.8 Å². The van der Waals surface area contributed by atoms with Crippen LogP contribution in [-0.4, -0.2) is 62.5 Å². The monoisotopic (exact) mass is 767 g/mol. The summed E-state index contributed by atoms with van der Waals surface area (Å²) in [6, 6.07) is 3.03. The first-order valence-corrected chi connectivity index (χ1v) is 28.8. The Morgan fingerprint density at radius 3 is 2.00 bits per heavy atom. The first-order chi connectivity index (χ1) is 23.5. The fourth-order valence-electron chi connectivity index (χ4n) is 7.14. The maximum Gasteiger partial charge on any atom is 0.308 e. The van der Waals surface area contributed by atoms with Crippen molar-refractivity contribution in [3.63, 3.8) is 0 Å². The molecule has 2 fully saturated rings. The van der Waals surface area contributed by atoms with Crippen molar-refractivity contribution in [1.82, 2.24) is 0 Å². The molecule has 0 amide bonds. The summed E-state index contributed by atoms with van der Waals surface area (Å²) in [5.74, 6) is 5.99. The van der Waals surface area contributed by atoms with Gasteiger partial charge in [0.1, 0.15) is 0 Å². The third kappa shape index (κ3) is 12.9. The number of ether oxygens (including phenoxy) is 1. The molecule has 2 rings (SSSR count).